The third-order valence-corrected chi connectivity index (χ3v) is 5.09. The second-order valence-corrected chi connectivity index (χ2v) is 7.22. The van der Waals surface area contributed by atoms with Gasteiger partial charge >= 0.3 is 0 Å². The van der Waals surface area contributed by atoms with Gasteiger partial charge in [0.1, 0.15) is 5.69 Å². The predicted molar refractivity (Wildman–Crippen MR) is 110 cm³/mol. The van der Waals surface area contributed by atoms with Crippen LogP contribution in [-0.4, -0.2) is 10.5 Å². The fraction of sp³-hybridized carbons (Fsp3) is 0.348. The molecule has 0 aliphatic carbocycles. The van der Waals surface area contributed by atoms with Crippen LogP contribution in [-0.2, 0) is 6.54 Å². The van der Waals surface area contributed by atoms with Gasteiger partial charge in [0.15, 0.2) is 0 Å². The van der Waals surface area contributed by atoms with Crippen molar-refractivity contribution in [3.8, 4) is 0 Å². The molecule has 0 spiro atoms. The lowest BCUT2D eigenvalue weighted by molar-refractivity contribution is 0.101. The lowest BCUT2D eigenvalue weighted by Gasteiger charge is -2.15. The van der Waals surface area contributed by atoms with Crippen LogP contribution in [0.1, 0.15) is 52.5 Å². The molecule has 1 amide bonds. The molecular formula is C23H28N2O. The van der Waals surface area contributed by atoms with Crippen molar-refractivity contribution in [3.63, 3.8) is 0 Å². The maximum atomic E-state index is 13.2. The number of amides is 1. The Balaban J connectivity index is 2.07. The molecule has 3 heteroatoms. The molecule has 0 saturated heterocycles. The molecule has 3 aromatic rings. The summed E-state index contributed by atoms with van der Waals surface area (Å²) in [6, 6.07) is 12.5. The Labute approximate surface area is 156 Å². The topological polar surface area (TPSA) is 34.0 Å². The Morgan fingerprint density at radius 1 is 1.04 bits per heavy atom. The summed E-state index contributed by atoms with van der Waals surface area (Å²) in [7, 11) is 0. The number of aryl methyl sites for hydroxylation is 5. The van der Waals surface area contributed by atoms with Gasteiger partial charge in [-0.25, -0.2) is 0 Å². The number of unbranched alkanes of at least 4 members (excludes halogenated alkanes) is 1. The van der Waals surface area contributed by atoms with Gasteiger partial charge in [-0.1, -0.05) is 49.2 Å². The van der Waals surface area contributed by atoms with Gasteiger partial charge < -0.3 is 9.88 Å². The second-order valence-electron chi connectivity index (χ2n) is 7.22. The Morgan fingerprint density at radius 3 is 2.35 bits per heavy atom. The van der Waals surface area contributed by atoms with Crippen molar-refractivity contribution in [2.24, 2.45) is 0 Å². The minimum Gasteiger partial charge on any atom is -0.336 e. The van der Waals surface area contributed by atoms with Crippen LogP contribution in [0, 0.1) is 27.7 Å². The average molecular weight is 348 g/mol. The van der Waals surface area contributed by atoms with Crippen LogP contribution in [0.25, 0.3) is 10.9 Å². The zero-order chi connectivity index (χ0) is 18.8. The SMILES string of the molecule is CCCCn1c(C(=O)Nc2c(C)cc(C)cc2C)c(C)c2ccccc21. The maximum absolute atomic E-state index is 13.2. The number of anilines is 1. The number of nitrogens with zero attached hydrogens (tertiary/aromatic N) is 1. The van der Waals surface area contributed by atoms with Gasteiger partial charge in [-0.05, 0) is 56.9 Å². The number of carbonyl (C=O) groups is 1. The molecule has 1 aromatic heterocycles. The lowest BCUT2D eigenvalue weighted by Crippen LogP contribution is -2.19. The zero-order valence-electron chi connectivity index (χ0n) is 16.4. The van der Waals surface area contributed by atoms with Crippen molar-refractivity contribution in [3.05, 3.63) is 64.3 Å². The smallest absolute Gasteiger partial charge is 0.272 e. The van der Waals surface area contributed by atoms with Crippen molar-refractivity contribution >= 4 is 22.5 Å². The highest BCUT2D eigenvalue weighted by molar-refractivity contribution is 6.09. The summed E-state index contributed by atoms with van der Waals surface area (Å²) in [4.78, 5) is 13.2. The molecule has 3 nitrogen and oxygen atoms in total. The van der Waals surface area contributed by atoms with Gasteiger partial charge in [0.2, 0.25) is 0 Å². The quantitative estimate of drug-likeness (QED) is 0.609. The largest absolute Gasteiger partial charge is 0.336 e. The van der Waals surface area contributed by atoms with E-state index in [9.17, 15) is 4.79 Å². The number of carbonyl (C=O) groups excluding carboxylic acids is 1. The van der Waals surface area contributed by atoms with Crippen molar-refractivity contribution in [1.29, 1.82) is 0 Å². The minimum atomic E-state index is -0.0233. The number of hydrogen-bond acceptors (Lipinski definition) is 1. The first kappa shape index (κ1) is 18.2. The van der Waals surface area contributed by atoms with E-state index < -0.39 is 0 Å². The number of aromatic nitrogens is 1. The molecular weight excluding hydrogens is 320 g/mol. The Bertz CT molecular complexity index is 943. The monoisotopic (exact) mass is 348 g/mol. The number of benzene rings is 2. The van der Waals surface area contributed by atoms with Crippen LogP contribution in [0.15, 0.2) is 36.4 Å². The number of fused-ring (bicyclic) bond motifs is 1. The summed E-state index contributed by atoms with van der Waals surface area (Å²) in [5.74, 6) is -0.0233. The van der Waals surface area contributed by atoms with E-state index in [0.29, 0.717) is 0 Å². The molecule has 0 bridgehead atoms. The summed E-state index contributed by atoms with van der Waals surface area (Å²) in [5.41, 5.74) is 7.31. The Hall–Kier alpha value is -2.55. The van der Waals surface area contributed by atoms with E-state index >= 15 is 0 Å². The third-order valence-electron chi connectivity index (χ3n) is 5.09. The van der Waals surface area contributed by atoms with Gasteiger partial charge in [-0.3, -0.25) is 4.79 Å². The van der Waals surface area contributed by atoms with E-state index in [0.717, 1.165) is 58.4 Å². The van der Waals surface area contributed by atoms with E-state index in [1.165, 1.54) is 5.56 Å². The first-order valence-corrected chi connectivity index (χ1v) is 9.41. The van der Waals surface area contributed by atoms with Gasteiger partial charge in [0.25, 0.3) is 5.91 Å². The minimum absolute atomic E-state index is 0.0233. The summed E-state index contributed by atoms with van der Waals surface area (Å²) in [5, 5.41) is 4.34. The summed E-state index contributed by atoms with van der Waals surface area (Å²) >= 11 is 0. The number of para-hydroxylation sites is 1. The molecule has 0 radical (unpaired) electrons. The average Bonchev–Trinajstić information content (AvgIpc) is 2.88. The summed E-state index contributed by atoms with van der Waals surface area (Å²) in [6.07, 6.45) is 2.16. The van der Waals surface area contributed by atoms with Gasteiger partial charge in [0.05, 0.1) is 0 Å². The Morgan fingerprint density at radius 2 is 1.69 bits per heavy atom. The van der Waals surface area contributed by atoms with E-state index in [-0.39, 0.29) is 5.91 Å². The van der Waals surface area contributed by atoms with Crippen LogP contribution < -0.4 is 5.32 Å². The first-order valence-electron chi connectivity index (χ1n) is 9.41. The fourth-order valence-electron chi connectivity index (χ4n) is 3.87. The second kappa shape index (κ2) is 7.36. The molecule has 3 rings (SSSR count). The molecule has 0 unspecified atom stereocenters. The van der Waals surface area contributed by atoms with E-state index in [1.807, 2.05) is 12.1 Å². The molecule has 2 aromatic carbocycles. The zero-order valence-corrected chi connectivity index (χ0v) is 16.4. The molecule has 0 saturated carbocycles. The van der Waals surface area contributed by atoms with Crippen LogP contribution in [0.4, 0.5) is 5.69 Å². The molecule has 0 aliphatic heterocycles. The predicted octanol–water partition coefficient (Wildman–Crippen LogP) is 5.93. The van der Waals surface area contributed by atoms with Crippen LogP contribution in [0.3, 0.4) is 0 Å². The van der Waals surface area contributed by atoms with Crippen molar-refractivity contribution < 1.29 is 4.79 Å². The van der Waals surface area contributed by atoms with Crippen LogP contribution >= 0.6 is 0 Å². The molecule has 0 aliphatic rings. The standard InChI is InChI=1S/C23H28N2O/c1-6-7-12-25-20-11-9-8-10-19(20)18(5)22(25)23(26)24-21-16(3)13-15(2)14-17(21)4/h8-11,13-14H,6-7,12H2,1-5H3,(H,24,26). The fourth-order valence-corrected chi connectivity index (χ4v) is 3.87. The van der Waals surface area contributed by atoms with E-state index in [4.69, 9.17) is 0 Å². The van der Waals surface area contributed by atoms with Crippen molar-refractivity contribution in [2.45, 2.75) is 54.0 Å². The molecule has 0 fully saturated rings. The van der Waals surface area contributed by atoms with Gasteiger partial charge in [0, 0.05) is 23.1 Å². The first-order chi connectivity index (χ1) is 12.4. The van der Waals surface area contributed by atoms with Crippen molar-refractivity contribution in [2.75, 3.05) is 5.32 Å². The molecule has 1 heterocycles. The summed E-state index contributed by atoms with van der Waals surface area (Å²) in [6.45, 7) is 11.3. The molecule has 26 heavy (non-hydrogen) atoms. The third kappa shape index (κ3) is 3.26. The van der Waals surface area contributed by atoms with Crippen LogP contribution in [0.2, 0.25) is 0 Å². The maximum Gasteiger partial charge on any atom is 0.272 e. The molecule has 1 N–H and O–H groups in total. The number of rotatable bonds is 5. The van der Waals surface area contributed by atoms with Crippen molar-refractivity contribution in [1.82, 2.24) is 4.57 Å². The Kier molecular flexibility index (Phi) is 5.17. The summed E-state index contributed by atoms with van der Waals surface area (Å²) < 4.78 is 2.18. The highest BCUT2D eigenvalue weighted by atomic mass is 16.2. The number of nitrogens with one attached hydrogen (secondary N) is 1. The molecule has 0 atom stereocenters. The van der Waals surface area contributed by atoms with Crippen LogP contribution in [0.5, 0.6) is 0 Å². The van der Waals surface area contributed by atoms with E-state index in [1.54, 1.807) is 0 Å². The highest BCUT2D eigenvalue weighted by Crippen LogP contribution is 2.28. The number of hydrogen-bond donors (Lipinski definition) is 1. The van der Waals surface area contributed by atoms with Gasteiger partial charge in [-0.2, -0.15) is 0 Å². The van der Waals surface area contributed by atoms with Gasteiger partial charge in [-0.15, -0.1) is 0 Å². The molecule has 136 valence electrons. The lowest BCUT2D eigenvalue weighted by atomic mass is 10.0. The highest BCUT2D eigenvalue weighted by Gasteiger charge is 2.21. The normalized spacial score (nSPS) is 11.1. The van der Waals surface area contributed by atoms with E-state index in [2.05, 4.69) is 68.8 Å².